The SMILES string of the molecule is CCn1cc(C)nc1-c1ccc(Cn2ncc3cnc(-c4c(C5CC5)cnn4CC)nc32)cc1. The minimum Gasteiger partial charge on any atom is -0.331 e. The number of hydrogen-bond acceptors (Lipinski definition) is 5. The normalized spacial score (nSPS) is 13.7. The number of rotatable bonds is 7. The first kappa shape index (κ1) is 20.8. The van der Waals surface area contributed by atoms with Crippen molar-refractivity contribution in [1.29, 1.82) is 0 Å². The van der Waals surface area contributed by atoms with Crippen LogP contribution < -0.4 is 0 Å². The highest BCUT2D eigenvalue weighted by Crippen LogP contribution is 2.43. The third kappa shape index (κ3) is 3.59. The molecule has 1 saturated carbocycles. The lowest BCUT2D eigenvalue weighted by atomic mass is 10.1. The summed E-state index contributed by atoms with van der Waals surface area (Å²) in [6.07, 6.45) is 10.2. The molecule has 0 radical (unpaired) electrons. The average molecular weight is 453 g/mol. The maximum Gasteiger partial charge on any atom is 0.180 e. The molecule has 6 rings (SSSR count). The van der Waals surface area contributed by atoms with Gasteiger partial charge in [0.25, 0.3) is 0 Å². The molecule has 0 amide bonds. The van der Waals surface area contributed by atoms with Gasteiger partial charge < -0.3 is 4.57 Å². The Morgan fingerprint density at radius 1 is 0.912 bits per heavy atom. The molecule has 0 unspecified atom stereocenters. The summed E-state index contributed by atoms with van der Waals surface area (Å²) in [5.74, 6) is 2.32. The molecule has 4 heterocycles. The van der Waals surface area contributed by atoms with Crippen molar-refractivity contribution in [2.24, 2.45) is 0 Å². The number of aryl methyl sites for hydroxylation is 3. The van der Waals surface area contributed by atoms with E-state index in [-0.39, 0.29) is 0 Å². The number of aromatic nitrogens is 8. The van der Waals surface area contributed by atoms with Crippen molar-refractivity contribution in [3.63, 3.8) is 0 Å². The molecule has 0 N–H and O–H groups in total. The van der Waals surface area contributed by atoms with Crippen molar-refractivity contribution in [3.8, 4) is 22.9 Å². The Hall–Kier alpha value is -3.81. The lowest BCUT2D eigenvalue weighted by Gasteiger charge is -2.09. The monoisotopic (exact) mass is 452 g/mol. The van der Waals surface area contributed by atoms with Crippen LogP contribution in [0.3, 0.4) is 0 Å². The fourth-order valence-corrected chi connectivity index (χ4v) is 4.62. The van der Waals surface area contributed by atoms with Crippen LogP contribution >= 0.6 is 0 Å². The van der Waals surface area contributed by atoms with Crippen molar-refractivity contribution >= 4 is 11.0 Å². The zero-order valence-electron chi connectivity index (χ0n) is 19.8. The van der Waals surface area contributed by atoms with Gasteiger partial charge in [0.05, 0.1) is 30.0 Å². The van der Waals surface area contributed by atoms with E-state index in [2.05, 4.69) is 64.1 Å². The van der Waals surface area contributed by atoms with Gasteiger partial charge in [-0.2, -0.15) is 10.2 Å². The molecule has 0 bridgehead atoms. The van der Waals surface area contributed by atoms with E-state index in [0.717, 1.165) is 58.3 Å². The molecule has 1 aliphatic carbocycles. The lowest BCUT2D eigenvalue weighted by molar-refractivity contribution is 0.662. The summed E-state index contributed by atoms with van der Waals surface area (Å²) < 4.78 is 6.15. The minimum absolute atomic E-state index is 0.588. The van der Waals surface area contributed by atoms with Crippen LogP contribution in [-0.2, 0) is 19.6 Å². The molecule has 0 spiro atoms. The summed E-state index contributed by atoms with van der Waals surface area (Å²) in [4.78, 5) is 14.3. The molecule has 4 aromatic heterocycles. The van der Waals surface area contributed by atoms with Crippen molar-refractivity contribution in [1.82, 2.24) is 39.1 Å². The van der Waals surface area contributed by atoms with E-state index in [9.17, 15) is 0 Å². The van der Waals surface area contributed by atoms with E-state index < -0.39 is 0 Å². The van der Waals surface area contributed by atoms with Crippen LogP contribution in [-0.4, -0.2) is 39.1 Å². The Bertz CT molecular complexity index is 1470. The molecule has 1 fully saturated rings. The van der Waals surface area contributed by atoms with Crippen molar-refractivity contribution in [2.75, 3.05) is 0 Å². The number of imidazole rings is 1. The van der Waals surface area contributed by atoms with Gasteiger partial charge >= 0.3 is 0 Å². The maximum atomic E-state index is 4.96. The summed E-state index contributed by atoms with van der Waals surface area (Å²) in [6.45, 7) is 8.62. The Kier molecular flexibility index (Phi) is 5.01. The van der Waals surface area contributed by atoms with E-state index >= 15 is 0 Å². The molecule has 8 heteroatoms. The molecule has 8 nitrogen and oxygen atoms in total. The highest BCUT2D eigenvalue weighted by atomic mass is 15.3. The maximum absolute atomic E-state index is 4.96. The quantitative estimate of drug-likeness (QED) is 0.353. The number of fused-ring (bicyclic) bond motifs is 1. The lowest BCUT2D eigenvalue weighted by Crippen LogP contribution is -2.06. The molecule has 5 aromatic rings. The van der Waals surface area contributed by atoms with Gasteiger partial charge in [0, 0.05) is 36.6 Å². The molecule has 1 aromatic carbocycles. The van der Waals surface area contributed by atoms with Crippen LogP contribution in [0.15, 0.2) is 49.1 Å². The van der Waals surface area contributed by atoms with Crippen molar-refractivity contribution in [2.45, 2.75) is 59.2 Å². The van der Waals surface area contributed by atoms with E-state index in [1.807, 2.05) is 34.9 Å². The standard InChI is InChI=1S/C26H28N8/c1-4-32-15-17(3)30-25(32)20-8-6-18(7-9-20)16-34-26-21(13-28-34)12-27-24(31-26)23-22(19-10-11-19)14-29-33(23)5-2/h6-9,12-15,19H,4-5,10-11,16H2,1-3H3. The van der Waals surface area contributed by atoms with Crippen LogP contribution in [0.4, 0.5) is 0 Å². The zero-order valence-corrected chi connectivity index (χ0v) is 19.8. The van der Waals surface area contributed by atoms with Crippen LogP contribution in [0.25, 0.3) is 33.9 Å². The average Bonchev–Trinajstić information content (AvgIpc) is 3.32. The van der Waals surface area contributed by atoms with Gasteiger partial charge in [0.1, 0.15) is 11.5 Å². The fourth-order valence-electron chi connectivity index (χ4n) is 4.62. The van der Waals surface area contributed by atoms with E-state index in [1.54, 1.807) is 0 Å². The smallest absolute Gasteiger partial charge is 0.180 e. The summed E-state index contributed by atoms with van der Waals surface area (Å²) >= 11 is 0. The molecular formula is C26H28N8. The summed E-state index contributed by atoms with van der Waals surface area (Å²) in [5, 5.41) is 10.1. The summed E-state index contributed by atoms with van der Waals surface area (Å²) in [5.41, 5.74) is 6.48. The summed E-state index contributed by atoms with van der Waals surface area (Å²) in [7, 11) is 0. The van der Waals surface area contributed by atoms with Gasteiger partial charge in [0.2, 0.25) is 0 Å². The topological polar surface area (TPSA) is 79.2 Å². The molecule has 0 aliphatic heterocycles. The molecule has 0 atom stereocenters. The highest BCUT2D eigenvalue weighted by molar-refractivity contribution is 5.76. The second kappa shape index (κ2) is 8.20. The number of benzene rings is 1. The first-order chi connectivity index (χ1) is 16.6. The second-order valence-electron chi connectivity index (χ2n) is 9.00. The van der Waals surface area contributed by atoms with Crippen LogP contribution in [0.5, 0.6) is 0 Å². The van der Waals surface area contributed by atoms with Crippen LogP contribution in [0.1, 0.15) is 49.4 Å². The third-order valence-corrected chi connectivity index (χ3v) is 6.56. The molecule has 0 saturated heterocycles. The first-order valence-corrected chi connectivity index (χ1v) is 12.0. The van der Waals surface area contributed by atoms with Gasteiger partial charge in [0.15, 0.2) is 11.5 Å². The zero-order chi connectivity index (χ0) is 23.2. The van der Waals surface area contributed by atoms with Gasteiger partial charge in [-0.1, -0.05) is 24.3 Å². The van der Waals surface area contributed by atoms with Gasteiger partial charge in [-0.3, -0.25) is 4.68 Å². The molecule has 172 valence electrons. The van der Waals surface area contributed by atoms with Crippen LogP contribution in [0.2, 0.25) is 0 Å². The largest absolute Gasteiger partial charge is 0.331 e. The Morgan fingerprint density at radius 3 is 2.44 bits per heavy atom. The van der Waals surface area contributed by atoms with Gasteiger partial charge in [-0.05, 0) is 45.1 Å². The van der Waals surface area contributed by atoms with Crippen molar-refractivity contribution in [3.05, 3.63) is 65.9 Å². The summed E-state index contributed by atoms with van der Waals surface area (Å²) in [6, 6.07) is 8.56. The second-order valence-corrected chi connectivity index (χ2v) is 9.00. The van der Waals surface area contributed by atoms with E-state index in [0.29, 0.717) is 12.5 Å². The molecule has 34 heavy (non-hydrogen) atoms. The Labute approximate surface area is 198 Å². The number of hydrogen-bond donors (Lipinski definition) is 0. The van der Waals surface area contributed by atoms with E-state index in [4.69, 9.17) is 9.97 Å². The predicted molar refractivity (Wildman–Crippen MR) is 131 cm³/mol. The van der Waals surface area contributed by atoms with E-state index in [1.165, 1.54) is 18.4 Å². The predicted octanol–water partition coefficient (Wildman–Crippen LogP) is 4.83. The van der Waals surface area contributed by atoms with Crippen molar-refractivity contribution < 1.29 is 0 Å². The Morgan fingerprint density at radius 2 is 1.71 bits per heavy atom. The van der Waals surface area contributed by atoms with Gasteiger partial charge in [-0.25, -0.2) is 19.6 Å². The van der Waals surface area contributed by atoms with Crippen LogP contribution in [0, 0.1) is 6.92 Å². The molecule has 1 aliphatic rings. The third-order valence-electron chi connectivity index (χ3n) is 6.56. The Balaban J connectivity index is 1.32. The van der Waals surface area contributed by atoms with Gasteiger partial charge in [-0.15, -0.1) is 0 Å². The molecular weight excluding hydrogens is 424 g/mol. The minimum atomic E-state index is 0.588. The first-order valence-electron chi connectivity index (χ1n) is 12.0. The number of nitrogens with zero attached hydrogens (tertiary/aromatic N) is 8. The fraction of sp³-hybridized carbons (Fsp3) is 0.346. The highest BCUT2D eigenvalue weighted by Gasteiger charge is 2.30.